The number of amides is 1. The van der Waals surface area contributed by atoms with E-state index in [1.54, 1.807) is 11.3 Å². The van der Waals surface area contributed by atoms with Gasteiger partial charge in [0.05, 0.1) is 0 Å². The van der Waals surface area contributed by atoms with Gasteiger partial charge in [0.2, 0.25) is 5.91 Å². The zero-order chi connectivity index (χ0) is 13.6. The first kappa shape index (κ1) is 18.4. The van der Waals surface area contributed by atoms with E-state index in [-0.39, 0.29) is 23.9 Å². The minimum atomic E-state index is -0.230. The molecule has 0 aliphatic rings. The normalized spacial score (nSPS) is 11.2. The zero-order valence-electron chi connectivity index (χ0n) is 11.8. The Kier molecular flexibility index (Phi) is 8.25. The van der Waals surface area contributed by atoms with Crippen LogP contribution in [0.2, 0.25) is 0 Å². The van der Waals surface area contributed by atoms with Gasteiger partial charge in [0.25, 0.3) is 0 Å². The fourth-order valence-electron chi connectivity index (χ4n) is 1.82. The smallest absolute Gasteiger partial charge is 0.216 e. The fourth-order valence-corrected chi connectivity index (χ4v) is 2.48. The van der Waals surface area contributed by atoms with Crippen molar-refractivity contribution >= 4 is 29.7 Å². The largest absolute Gasteiger partial charge is 0.355 e. The van der Waals surface area contributed by atoms with E-state index < -0.39 is 0 Å². The second-order valence-corrected chi connectivity index (χ2v) is 6.09. The van der Waals surface area contributed by atoms with Gasteiger partial charge in [0.15, 0.2) is 0 Å². The second kappa shape index (κ2) is 8.53. The monoisotopic (exact) mass is 305 g/mol. The van der Waals surface area contributed by atoms with Crippen LogP contribution in [-0.2, 0) is 11.3 Å². The van der Waals surface area contributed by atoms with Crippen molar-refractivity contribution in [3.8, 4) is 0 Å². The van der Waals surface area contributed by atoms with Crippen LogP contribution in [0.1, 0.15) is 26.3 Å². The third kappa shape index (κ3) is 8.99. The Balaban J connectivity index is 0.00000324. The lowest BCUT2D eigenvalue weighted by atomic mass is 10.1. The number of thiophene rings is 1. The van der Waals surface area contributed by atoms with Crippen molar-refractivity contribution in [1.82, 2.24) is 10.2 Å². The van der Waals surface area contributed by atoms with Gasteiger partial charge < -0.3 is 11.1 Å². The first-order valence-electron chi connectivity index (χ1n) is 6.13. The average Bonchev–Trinajstić information content (AvgIpc) is 2.67. The predicted octanol–water partition coefficient (Wildman–Crippen LogP) is 1.85. The van der Waals surface area contributed by atoms with Gasteiger partial charge in [-0.1, -0.05) is 0 Å². The van der Waals surface area contributed by atoms with Crippen LogP contribution in [0.4, 0.5) is 0 Å². The van der Waals surface area contributed by atoms with Crippen LogP contribution in [0.15, 0.2) is 16.8 Å². The molecule has 1 aromatic heterocycles. The SMILES string of the molecule is CC(=O)NCCN(Cc1ccsc1)CC(C)(C)N.Cl. The highest BCUT2D eigenvalue weighted by Crippen LogP contribution is 2.11. The Morgan fingerprint density at radius 2 is 2.21 bits per heavy atom. The number of carbonyl (C=O) groups is 1. The number of rotatable bonds is 7. The molecule has 0 atom stereocenters. The molecule has 1 heterocycles. The molecule has 0 saturated heterocycles. The molecule has 1 aromatic rings. The van der Waals surface area contributed by atoms with Crippen LogP contribution >= 0.6 is 23.7 Å². The summed E-state index contributed by atoms with van der Waals surface area (Å²) in [5, 5.41) is 7.05. The first-order valence-corrected chi connectivity index (χ1v) is 7.08. The Hall–Kier alpha value is -0.620. The predicted molar refractivity (Wildman–Crippen MR) is 83.8 cm³/mol. The van der Waals surface area contributed by atoms with Crippen LogP contribution in [0.5, 0.6) is 0 Å². The molecule has 0 saturated carbocycles. The summed E-state index contributed by atoms with van der Waals surface area (Å²) >= 11 is 1.70. The van der Waals surface area contributed by atoms with Gasteiger partial charge in [0.1, 0.15) is 0 Å². The third-order valence-corrected chi connectivity index (χ3v) is 3.15. The highest BCUT2D eigenvalue weighted by molar-refractivity contribution is 7.07. The maximum absolute atomic E-state index is 10.9. The lowest BCUT2D eigenvalue weighted by Gasteiger charge is -2.29. The molecule has 0 aromatic carbocycles. The van der Waals surface area contributed by atoms with Crippen LogP contribution in [-0.4, -0.2) is 36.0 Å². The van der Waals surface area contributed by atoms with Gasteiger partial charge >= 0.3 is 0 Å². The van der Waals surface area contributed by atoms with Crippen molar-refractivity contribution in [2.75, 3.05) is 19.6 Å². The highest BCUT2D eigenvalue weighted by atomic mass is 35.5. The van der Waals surface area contributed by atoms with Crippen molar-refractivity contribution in [2.45, 2.75) is 32.9 Å². The summed E-state index contributed by atoms with van der Waals surface area (Å²) in [5.74, 6) is 0.0116. The van der Waals surface area contributed by atoms with E-state index in [2.05, 4.69) is 27.0 Å². The topological polar surface area (TPSA) is 58.4 Å². The Morgan fingerprint density at radius 3 is 2.68 bits per heavy atom. The molecule has 4 nitrogen and oxygen atoms in total. The maximum Gasteiger partial charge on any atom is 0.216 e. The Bertz CT molecular complexity index is 362. The Morgan fingerprint density at radius 1 is 1.53 bits per heavy atom. The van der Waals surface area contributed by atoms with Crippen LogP contribution < -0.4 is 11.1 Å². The average molecular weight is 306 g/mol. The van der Waals surface area contributed by atoms with Crippen LogP contribution in [0.3, 0.4) is 0 Å². The number of hydrogen-bond donors (Lipinski definition) is 2. The molecule has 0 unspecified atom stereocenters. The van der Waals surface area contributed by atoms with E-state index in [0.717, 1.165) is 19.6 Å². The van der Waals surface area contributed by atoms with Gasteiger partial charge in [-0.3, -0.25) is 9.69 Å². The number of hydrogen-bond acceptors (Lipinski definition) is 4. The number of nitrogens with two attached hydrogens (primary N) is 1. The van der Waals surface area contributed by atoms with Crippen molar-refractivity contribution in [3.05, 3.63) is 22.4 Å². The zero-order valence-corrected chi connectivity index (χ0v) is 13.4. The summed E-state index contributed by atoms with van der Waals surface area (Å²) in [4.78, 5) is 13.2. The summed E-state index contributed by atoms with van der Waals surface area (Å²) in [6.07, 6.45) is 0. The molecular weight excluding hydrogens is 282 g/mol. The van der Waals surface area contributed by atoms with E-state index in [9.17, 15) is 4.79 Å². The molecule has 6 heteroatoms. The minimum absolute atomic E-state index is 0. The van der Waals surface area contributed by atoms with E-state index in [1.165, 1.54) is 12.5 Å². The fraction of sp³-hybridized carbons (Fsp3) is 0.615. The lowest BCUT2D eigenvalue weighted by molar-refractivity contribution is -0.119. The van der Waals surface area contributed by atoms with Crippen molar-refractivity contribution in [2.24, 2.45) is 5.73 Å². The summed E-state index contributed by atoms with van der Waals surface area (Å²) in [7, 11) is 0. The van der Waals surface area contributed by atoms with Gasteiger partial charge in [-0.15, -0.1) is 12.4 Å². The van der Waals surface area contributed by atoms with Gasteiger partial charge in [-0.05, 0) is 36.2 Å². The number of carbonyl (C=O) groups excluding carboxylic acids is 1. The minimum Gasteiger partial charge on any atom is -0.355 e. The number of nitrogens with one attached hydrogen (secondary N) is 1. The van der Waals surface area contributed by atoms with Crippen molar-refractivity contribution in [3.63, 3.8) is 0 Å². The van der Waals surface area contributed by atoms with E-state index in [1.807, 2.05) is 13.8 Å². The van der Waals surface area contributed by atoms with Gasteiger partial charge in [-0.25, -0.2) is 0 Å². The molecule has 0 aliphatic heterocycles. The molecule has 0 aliphatic carbocycles. The van der Waals surface area contributed by atoms with E-state index in [0.29, 0.717) is 6.54 Å². The molecule has 0 spiro atoms. The molecule has 19 heavy (non-hydrogen) atoms. The summed E-state index contributed by atoms with van der Waals surface area (Å²) in [6.45, 7) is 8.74. The molecule has 1 amide bonds. The quantitative estimate of drug-likeness (QED) is 0.808. The van der Waals surface area contributed by atoms with Crippen molar-refractivity contribution < 1.29 is 4.79 Å². The number of nitrogens with zero attached hydrogens (tertiary/aromatic N) is 1. The van der Waals surface area contributed by atoms with Crippen LogP contribution in [0.25, 0.3) is 0 Å². The highest BCUT2D eigenvalue weighted by Gasteiger charge is 2.17. The van der Waals surface area contributed by atoms with Gasteiger partial charge in [0, 0.05) is 38.6 Å². The summed E-state index contributed by atoms with van der Waals surface area (Å²) < 4.78 is 0. The third-order valence-electron chi connectivity index (χ3n) is 2.42. The van der Waals surface area contributed by atoms with Crippen LogP contribution in [0, 0.1) is 0 Å². The molecule has 0 bridgehead atoms. The molecule has 3 N–H and O–H groups in total. The molecule has 110 valence electrons. The van der Waals surface area contributed by atoms with Crippen molar-refractivity contribution in [1.29, 1.82) is 0 Å². The molecule has 0 fully saturated rings. The molecule has 1 rings (SSSR count). The summed E-state index contributed by atoms with van der Waals surface area (Å²) in [6, 6.07) is 2.12. The molecular formula is C13H24ClN3OS. The Labute approximate surface area is 125 Å². The first-order chi connectivity index (χ1) is 8.37. The molecule has 0 radical (unpaired) electrons. The lowest BCUT2D eigenvalue weighted by Crippen LogP contribution is -2.47. The standard InChI is InChI=1S/C13H23N3OS.ClH/c1-11(17)15-5-6-16(10-13(2,3)14)8-12-4-7-18-9-12;/h4,7,9H,5-6,8,10,14H2,1-3H3,(H,15,17);1H. The maximum atomic E-state index is 10.9. The van der Waals surface area contributed by atoms with Gasteiger partial charge in [-0.2, -0.15) is 11.3 Å². The van der Waals surface area contributed by atoms with E-state index >= 15 is 0 Å². The summed E-state index contributed by atoms with van der Waals surface area (Å²) in [5.41, 5.74) is 7.14. The second-order valence-electron chi connectivity index (χ2n) is 5.31. The number of halogens is 1. The van der Waals surface area contributed by atoms with E-state index in [4.69, 9.17) is 5.73 Å².